The summed E-state index contributed by atoms with van der Waals surface area (Å²) in [5.41, 5.74) is 3.44. The lowest BCUT2D eigenvalue weighted by atomic mass is 9.75. The Bertz CT molecular complexity index is 606. The second-order valence-electron chi connectivity index (χ2n) is 7.76. The number of carboxylic acid groups (broad SMARTS) is 2. The van der Waals surface area contributed by atoms with Gasteiger partial charge in [0.1, 0.15) is 0 Å². The lowest BCUT2D eigenvalue weighted by Gasteiger charge is -2.29. The first-order valence-corrected chi connectivity index (χ1v) is 8.39. The van der Waals surface area contributed by atoms with Gasteiger partial charge in [-0.05, 0) is 30.4 Å². The number of hydrogen-bond acceptors (Lipinski definition) is 3. The minimum absolute atomic E-state index is 0.0808. The zero-order valence-electron chi connectivity index (χ0n) is 15.7. The van der Waals surface area contributed by atoms with E-state index in [9.17, 15) is 9.59 Å². The summed E-state index contributed by atoms with van der Waals surface area (Å²) in [6, 6.07) is 7.99. The van der Waals surface area contributed by atoms with E-state index in [-0.39, 0.29) is 24.4 Å². The number of benzene rings is 1. The van der Waals surface area contributed by atoms with E-state index in [1.807, 2.05) is 24.3 Å². The first kappa shape index (κ1) is 20.9. The molecule has 5 heteroatoms. The van der Waals surface area contributed by atoms with Gasteiger partial charge in [0.15, 0.2) is 0 Å². The van der Waals surface area contributed by atoms with Gasteiger partial charge >= 0.3 is 11.9 Å². The first-order chi connectivity index (χ1) is 11.5. The van der Waals surface area contributed by atoms with E-state index < -0.39 is 11.9 Å². The zero-order chi connectivity index (χ0) is 19.2. The van der Waals surface area contributed by atoms with E-state index >= 15 is 0 Å². The number of allylic oxidation sites excluding steroid dienone is 2. The number of aliphatic carboxylic acids is 2. The molecule has 1 atom stereocenters. The maximum Gasteiger partial charge on any atom is 0.317 e. The summed E-state index contributed by atoms with van der Waals surface area (Å²) in [6.45, 7) is 10.5. The molecule has 1 unspecified atom stereocenters. The molecule has 0 fully saturated rings. The largest absolute Gasteiger partial charge is 0.480 e. The summed E-state index contributed by atoms with van der Waals surface area (Å²) in [6.07, 6.45) is 2.26. The fourth-order valence-corrected chi connectivity index (χ4v) is 2.82. The minimum atomic E-state index is -1.03. The lowest BCUT2D eigenvalue weighted by Crippen LogP contribution is -2.33. The number of nitrogens with zero attached hydrogens (tertiary/aromatic N) is 1. The number of hydrogen-bond donors (Lipinski definition) is 2. The van der Waals surface area contributed by atoms with Gasteiger partial charge in [-0.25, -0.2) is 0 Å². The molecule has 1 aromatic rings. The third-order valence-corrected chi connectivity index (χ3v) is 3.90. The van der Waals surface area contributed by atoms with Crippen molar-refractivity contribution < 1.29 is 19.8 Å². The molecule has 0 heterocycles. The predicted octanol–water partition coefficient (Wildman–Crippen LogP) is 3.75. The quantitative estimate of drug-likeness (QED) is 0.700. The van der Waals surface area contributed by atoms with E-state index in [1.165, 1.54) is 16.0 Å². The van der Waals surface area contributed by atoms with Crippen LogP contribution in [0.3, 0.4) is 0 Å². The van der Waals surface area contributed by atoms with Crippen LogP contribution in [0.25, 0.3) is 0 Å². The van der Waals surface area contributed by atoms with Gasteiger partial charge in [-0.2, -0.15) is 0 Å². The summed E-state index contributed by atoms with van der Waals surface area (Å²) in [5.74, 6) is -1.79. The summed E-state index contributed by atoms with van der Waals surface area (Å²) in [4.78, 5) is 23.2. The van der Waals surface area contributed by atoms with Gasteiger partial charge in [0.2, 0.25) is 0 Å². The monoisotopic (exact) mass is 347 g/mol. The molecule has 0 aliphatic rings. The van der Waals surface area contributed by atoms with Gasteiger partial charge in [0, 0.05) is 12.5 Å². The van der Waals surface area contributed by atoms with E-state index in [2.05, 4.69) is 40.7 Å². The Balaban J connectivity index is 2.98. The van der Waals surface area contributed by atoms with Gasteiger partial charge < -0.3 is 10.2 Å². The molecule has 0 aliphatic heterocycles. The van der Waals surface area contributed by atoms with E-state index in [4.69, 9.17) is 10.2 Å². The van der Waals surface area contributed by atoms with Crippen LogP contribution in [0.2, 0.25) is 0 Å². The maximum absolute atomic E-state index is 10.9. The van der Waals surface area contributed by atoms with Crippen LogP contribution in [0.1, 0.15) is 51.7 Å². The SMILES string of the molecule is CC(C)=CC(c1ccc(CN(CC(=O)O)CC(=O)O)cc1)C(C)(C)C. The summed E-state index contributed by atoms with van der Waals surface area (Å²) >= 11 is 0. The molecule has 1 rings (SSSR count). The Morgan fingerprint density at radius 1 is 1.04 bits per heavy atom. The van der Waals surface area contributed by atoms with Crippen LogP contribution in [0, 0.1) is 5.41 Å². The molecule has 0 saturated heterocycles. The highest BCUT2D eigenvalue weighted by molar-refractivity contribution is 5.72. The molecule has 2 N–H and O–H groups in total. The van der Waals surface area contributed by atoms with Crippen molar-refractivity contribution in [2.24, 2.45) is 5.41 Å². The molecule has 1 aromatic carbocycles. The van der Waals surface area contributed by atoms with Crippen LogP contribution in [0.5, 0.6) is 0 Å². The molecule has 0 radical (unpaired) electrons. The zero-order valence-corrected chi connectivity index (χ0v) is 15.7. The second-order valence-corrected chi connectivity index (χ2v) is 7.76. The van der Waals surface area contributed by atoms with Crippen LogP contribution in [0.15, 0.2) is 35.9 Å². The van der Waals surface area contributed by atoms with Crippen LogP contribution in [0.4, 0.5) is 0 Å². The fraction of sp³-hybridized carbons (Fsp3) is 0.500. The highest BCUT2D eigenvalue weighted by Gasteiger charge is 2.24. The normalized spacial score (nSPS) is 12.7. The van der Waals surface area contributed by atoms with Gasteiger partial charge in [-0.3, -0.25) is 14.5 Å². The lowest BCUT2D eigenvalue weighted by molar-refractivity contribution is -0.142. The molecule has 138 valence electrons. The molecule has 0 aromatic heterocycles. The Kier molecular flexibility index (Phi) is 7.37. The van der Waals surface area contributed by atoms with Crippen LogP contribution < -0.4 is 0 Å². The summed E-state index contributed by atoms with van der Waals surface area (Å²) in [7, 11) is 0. The van der Waals surface area contributed by atoms with Crippen molar-refractivity contribution in [2.45, 2.75) is 47.1 Å². The molecular weight excluding hydrogens is 318 g/mol. The second kappa shape index (κ2) is 8.81. The van der Waals surface area contributed by atoms with Gasteiger partial charge in [-0.1, -0.05) is 56.7 Å². The molecule has 0 saturated carbocycles. The van der Waals surface area contributed by atoms with Crippen LogP contribution in [-0.2, 0) is 16.1 Å². The third-order valence-electron chi connectivity index (χ3n) is 3.90. The van der Waals surface area contributed by atoms with E-state index in [0.29, 0.717) is 6.54 Å². The van der Waals surface area contributed by atoms with Crippen molar-refractivity contribution in [3.8, 4) is 0 Å². The number of rotatable bonds is 8. The number of carboxylic acids is 2. The molecular formula is C20H29NO4. The highest BCUT2D eigenvalue weighted by atomic mass is 16.4. The van der Waals surface area contributed by atoms with Crippen molar-refractivity contribution in [3.05, 3.63) is 47.0 Å². The molecule has 0 spiro atoms. The van der Waals surface area contributed by atoms with Gasteiger partial charge in [-0.15, -0.1) is 0 Å². The third kappa shape index (κ3) is 7.52. The smallest absolute Gasteiger partial charge is 0.317 e. The van der Waals surface area contributed by atoms with E-state index in [0.717, 1.165) is 5.56 Å². The number of carbonyl (C=O) groups is 2. The van der Waals surface area contributed by atoms with Crippen LogP contribution >= 0.6 is 0 Å². The Labute approximate surface area is 150 Å². The van der Waals surface area contributed by atoms with Crippen LogP contribution in [-0.4, -0.2) is 40.1 Å². The fourth-order valence-electron chi connectivity index (χ4n) is 2.82. The van der Waals surface area contributed by atoms with E-state index in [1.54, 1.807) is 0 Å². The van der Waals surface area contributed by atoms with Crippen molar-refractivity contribution in [2.75, 3.05) is 13.1 Å². The standard InChI is InChI=1S/C20H29NO4/c1-14(2)10-17(20(3,4)5)16-8-6-15(7-9-16)11-21(12-18(22)23)13-19(24)25/h6-10,17H,11-13H2,1-5H3,(H,22,23)(H,24,25). The molecule has 25 heavy (non-hydrogen) atoms. The van der Waals surface area contributed by atoms with Crippen molar-refractivity contribution in [1.82, 2.24) is 4.90 Å². The first-order valence-electron chi connectivity index (χ1n) is 8.39. The summed E-state index contributed by atoms with van der Waals surface area (Å²) in [5, 5.41) is 17.8. The van der Waals surface area contributed by atoms with Gasteiger partial charge in [0.05, 0.1) is 13.1 Å². The van der Waals surface area contributed by atoms with Crippen molar-refractivity contribution >= 4 is 11.9 Å². The Hall–Kier alpha value is -2.14. The highest BCUT2D eigenvalue weighted by Crippen LogP contribution is 2.37. The average molecular weight is 347 g/mol. The molecule has 0 bridgehead atoms. The average Bonchev–Trinajstić information content (AvgIpc) is 2.43. The topological polar surface area (TPSA) is 77.8 Å². The van der Waals surface area contributed by atoms with Crippen molar-refractivity contribution in [3.63, 3.8) is 0 Å². The Morgan fingerprint density at radius 3 is 1.88 bits per heavy atom. The van der Waals surface area contributed by atoms with Crippen molar-refractivity contribution in [1.29, 1.82) is 0 Å². The molecule has 0 amide bonds. The summed E-state index contributed by atoms with van der Waals surface area (Å²) < 4.78 is 0. The maximum atomic E-state index is 10.9. The van der Waals surface area contributed by atoms with Gasteiger partial charge in [0.25, 0.3) is 0 Å². The predicted molar refractivity (Wildman–Crippen MR) is 98.6 cm³/mol. The minimum Gasteiger partial charge on any atom is -0.480 e. The molecule has 5 nitrogen and oxygen atoms in total. The Morgan fingerprint density at radius 2 is 1.52 bits per heavy atom. The molecule has 0 aliphatic carbocycles.